The highest BCUT2D eigenvalue weighted by atomic mass is 19.4. The summed E-state index contributed by atoms with van der Waals surface area (Å²) in [5, 5.41) is 9.23. The molecule has 1 aromatic carbocycles. The third kappa shape index (κ3) is 2.24. The van der Waals surface area contributed by atoms with E-state index in [4.69, 9.17) is 0 Å². The van der Waals surface area contributed by atoms with Crippen LogP contribution >= 0.6 is 0 Å². The minimum atomic E-state index is -4.45. The second-order valence-electron chi connectivity index (χ2n) is 6.06. The molecule has 1 aliphatic carbocycles. The molecule has 0 N–H and O–H groups in total. The Labute approximate surface area is 136 Å². The van der Waals surface area contributed by atoms with Gasteiger partial charge in [-0.2, -0.15) is 18.4 Å². The fraction of sp³-hybridized carbons (Fsp3) is 0.222. The van der Waals surface area contributed by atoms with E-state index in [1.54, 1.807) is 12.1 Å². The number of rotatable bonds is 2. The van der Waals surface area contributed by atoms with E-state index < -0.39 is 11.9 Å². The summed E-state index contributed by atoms with van der Waals surface area (Å²) in [6.07, 6.45) is -0.450. The van der Waals surface area contributed by atoms with E-state index in [2.05, 4.69) is 11.1 Å². The zero-order valence-electron chi connectivity index (χ0n) is 12.5. The number of hydrogen-bond donors (Lipinski definition) is 0. The lowest BCUT2D eigenvalue weighted by Gasteiger charge is -2.10. The second-order valence-corrected chi connectivity index (χ2v) is 6.06. The largest absolute Gasteiger partial charge is 0.433 e. The van der Waals surface area contributed by atoms with E-state index in [-0.39, 0.29) is 11.1 Å². The van der Waals surface area contributed by atoms with E-state index in [0.717, 1.165) is 34.6 Å². The summed E-state index contributed by atoms with van der Waals surface area (Å²) < 4.78 is 40.1. The topological polar surface area (TPSA) is 41.1 Å². The van der Waals surface area contributed by atoms with Gasteiger partial charge < -0.3 is 0 Å². The lowest BCUT2D eigenvalue weighted by Crippen LogP contribution is -2.08. The Kier molecular flexibility index (Phi) is 2.98. The summed E-state index contributed by atoms with van der Waals surface area (Å²) in [5.74, 6) is 0. The van der Waals surface area contributed by atoms with E-state index in [1.165, 1.54) is 6.20 Å². The van der Waals surface area contributed by atoms with Gasteiger partial charge in [0.2, 0.25) is 0 Å². The number of nitrogens with zero attached hydrogens (tertiary/aromatic N) is 3. The van der Waals surface area contributed by atoms with Crippen molar-refractivity contribution < 1.29 is 13.2 Å². The quantitative estimate of drug-likeness (QED) is 0.691. The van der Waals surface area contributed by atoms with E-state index in [9.17, 15) is 18.4 Å². The molecular formula is C18H12F3N3. The Hall–Kier alpha value is -2.81. The number of benzene rings is 1. The van der Waals surface area contributed by atoms with E-state index >= 15 is 0 Å². The monoisotopic (exact) mass is 327 g/mol. The zero-order valence-corrected chi connectivity index (χ0v) is 12.5. The molecule has 2 aromatic heterocycles. The van der Waals surface area contributed by atoms with Crippen LogP contribution in [0.3, 0.4) is 0 Å². The fourth-order valence-electron chi connectivity index (χ4n) is 2.93. The molecular weight excluding hydrogens is 315 g/mol. The van der Waals surface area contributed by atoms with Crippen LogP contribution in [-0.2, 0) is 11.6 Å². The van der Waals surface area contributed by atoms with E-state index in [1.807, 2.05) is 24.3 Å². The smallest absolute Gasteiger partial charge is 0.295 e. The van der Waals surface area contributed by atoms with Gasteiger partial charge in [-0.25, -0.2) is 4.98 Å². The van der Waals surface area contributed by atoms with Gasteiger partial charge in [0.15, 0.2) is 0 Å². The molecule has 120 valence electrons. The Bertz CT molecular complexity index is 958. The maximum atomic E-state index is 13.0. The molecule has 1 fully saturated rings. The van der Waals surface area contributed by atoms with Gasteiger partial charge in [-0.15, -0.1) is 0 Å². The third-order valence-corrected chi connectivity index (χ3v) is 4.53. The molecule has 0 unspecified atom stereocenters. The van der Waals surface area contributed by atoms with Gasteiger partial charge in [0, 0.05) is 6.20 Å². The minimum absolute atomic E-state index is 0.254. The van der Waals surface area contributed by atoms with Crippen LogP contribution in [0.15, 0.2) is 48.8 Å². The summed E-state index contributed by atoms with van der Waals surface area (Å²) in [7, 11) is 0. The average Bonchev–Trinajstić information content (AvgIpc) is 3.25. The molecule has 4 rings (SSSR count). The van der Waals surface area contributed by atoms with Crippen molar-refractivity contribution in [3.63, 3.8) is 0 Å². The van der Waals surface area contributed by atoms with Gasteiger partial charge in [-0.1, -0.05) is 24.3 Å². The molecule has 24 heavy (non-hydrogen) atoms. The van der Waals surface area contributed by atoms with Crippen LogP contribution in [0.2, 0.25) is 0 Å². The Morgan fingerprint density at radius 2 is 1.71 bits per heavy atom. The number of hydrogen-bond acceptors (Lipinski definition) is 2. The first kappa shape index (κ1) is 14.8. The highest BCUT2D eigenvalue weighted by Gasteiger charge is 2.44. The van der Waals surface area contributed by atoms with Crippen LogP contribution in [0.25, 0.3) is 16.8 Å². The standard InChI is InChI=1S/C18H12F3N3/c19-18(20,21)15-9-23-16-6-3-13(10-24(15)16)12-1-4-14(5-2-12)17(11-22)7-8-17/h1-6,9-10H,7-8H2. The Balaban J connectivity index is 1.75. The minimum Gasteiger partial charge on any atom is -0.295 e. The molecule has 0 spiro atoms. The van der Waals surface area contributed by atoms with Crippen molar-refractivity contribution in [3.8, 4) is 17.2 Å². The number of nitriles is 1. The lowest BCUT2D eigenvalue weighted by molar-refractivity contribution is -0.141. The van der Waals surface area contributed by atoms with Crippen molar-refractivity contribution in [2.75, 3.05) is 0 Å². The summed E-state index contributed by atoms with van der Waals surface area (Å²) in [4.78, 5) is 3.79. The first-order valence-electron chi connectivity index (χ1n) is 7.49. The van der Waals surface area contributed by atoms with Gasteiger partial charge in [0.1, 0.15) is 11.3 Å². The molecule has 0 amide bonds. The van der Waals surface area contributed by atoms with Crippen LogP contribution in [0, 0.1) is 11.3 Å². The van der Waals surface area contributed by atoms with Gasteiger partial charge in [0.05, 0.1) is 17.7 Å². The number of halogens is 3. The maximum Gasteiger partial charge on any atom is 0.433 e. The first-order valence-corrected chi connectivity index (χ1v) is 7.49. The normalized spacial score (nSPS) is 16.1. The molecule has 0 saturated heterocycles. The van der Waals surface area contributed by atoms with Crippen molar-refractivity contribution in [3.05, 3.63) is 60.0 Å². The molecule has 0 radical (unpaired) electrons. The van der Waals surface area contributed by atoms with Crippen LogP contribution in [0.5, 0.6) is 0 Å². The molecule has 0 bridgehead atoms. The molecule has 2 heterocycles. The number of aromatic nitrogens is 2. The zero-order chi connectivity index (χ0) is 16.9. The molecule has 0 atom stereocenters. The fourth-order valence-corrected chi connectivity index (χ4v) is 2.93. The molecule has 1 aliphatic rings. The van der Waals surface area contributed by atoms with Crippen molar-refractivity contribution in [2.24, 2.45) is 0 Å². The summed E-state index contributed by atoms with van der Waals surface area (Å²) in [6, 6.07) is 13.1. The first-order chi connectivity index (χ1) is 11.4. The molecule has 1 saturated carbocycles. The van der Waals surface area contributed by atoms with Crippen LogP contribution in [0.1, 0.15) is 24.1 Å². The maximum absolute atomic E-state index is 13.0. The number of imidazole rings is 1. The Morgan fingerprint density at radius 3 is 2.29 bits per heavy atom. The van der Waals surface area contributed by atoms with Gasteiger partial charge >= 0.3 is 6.18 Å². The van der Waals surface area contributed by atoms with Gasteiger partial charge in [0.25, 0.3) is 0 Å². The molecule has 3 aromatic rings. The van der Waals surface area contributed by atoms with Crippen molar-refractivity contribution in [1.29, 1.82) is 5.26 Å². The molecule has 3 nitrogen and oxygen atoms in total. The predicted molar refractivity (Wildman–Crippen MR) is 82.2 cm³/mol. The average molecular weight is 327 g/mol. The number of pyridine rings is 1. The highest BCUT2D eigenvalue weighted by molar-refractivity contribution is 5.65. The van der Waals surface area contributed by atoms with Gasteiger partial charge in [-0.3, -0.25) is 4.40 Å². The van der Waals surface area contributed by atoms with Crippen LogP contribution in [0.4, 0.5) is 13.2 Å². The van der Waals surface area contributed by atoms with Crippen LogP contribution < -0.4 is 0 Å². The van der Waals surface area contributed by atoms with Crippen molar-refractivity contribution in [1.82, 2.24) is 9.38 Å². The predicted octanol–water partition coefficient (Wildman–Crippen LogP) is 4.58. The Morgan fingerprint density at radius 1 is 1.04 bits per heavy atom. The van der Waals surface area contributed by atoms with Crippen LogP contribution in [-0.4, -0.2) is 9.38 Å². The third-order valence-electron chi connectivity index (χ3n) is 4.53. The lowest BCUT2D eigenvalue weighted by atomic mass is 9.95. The summed E-state index contributed by atoms with van der Waals surface area (Å²) >= 11 is 0. The summed E-state index contributed by atoms with van der Waals surface area (Å²) in [5.41, 5.74) is 1.53. The highest BCUT2D eigenvalue weighted by Crippen LogP contribution is 2.47. The number of fused-ring (bicyclic) bond motifs is 1. The molecule has 6 heteroatoms. The van der Waals surface area contributed by atoms with Gasteiger partial charge in [-0.05, 0) is 41.7 Å². The summed E-state index contributed by atoms with van der Waals surface area (Å²) in [6.45, 7) is 0. The second kappa shape index (κ2) is 4.84. The van der Waals surface area contributed by atoms with Crippen molar-refractivity contribution >= 4 is 5.65 Å². The van der Waals surface area contributed by atoms with E-state index in [0.29, 0.717) is 5.56 Å². The molecule has 0 aliphatic heterocycles. The number of alkyl halides is 3. The SMILES string of the molecule is N#CC1(c2ccc(-c3ccc4ncc(C(F)(F)F)n4c3)cc2)CC1. The van der Waals surface area contributed by atoms with Crippen molar-refractivity contribution in [2.45, 2.75) is 24.4 Å².